The van der Waals surface area contributed by atoms with Crippen molar-refractivity contribution in [1.29, 1.82) is 0 Å². The SMILES string of the molecule is COc1ccc(NC(N)=NCCN2C(=O)NC3(CCCC3)C2=O)cc1Cl. The second-order valence-corrected chi connectivity index (χ2v) is 6.82. The molecule has 1 aromatic carbocycles. The molecule has 2 fully saturated rings. The van der Waals surface area contributed by atoms with Gasteiger partial charge in [-0.05, 0) is 31.0 Å². The lowest BCUT2D eigenvalue weighted by Crippen LogP contribution is -2.44. The summed E-state index contributed by atoms with van der Waals surface area (Å²) in [5.74, 6) is 0.588. The summed E-state index contributed by atoms with van der Waals surface area (Å²) in [6, 6.07) is 4.80. The average Bonchev–Trinajstić information content (AvgIpc) is 3.15. The van der Waals surface area contributed by atoms with Crippen molar-refractivity contribution in [2.75, 3.05) is 25.5 Å². The van der Waals surface area contributed by atoms with E-state index in [0.717, 1.165) is 12.8 Å². The Balaban J connectivity index is 1.55. The zero-order chi connectivity index (χ0) is 18.7. The van der Waals surface area contributed by atoms with Crippen molar-refractivity contribution >= 4 is 35.2 Å². The number of nitrogens with one attached hydrogen (secondary N) is 2. The highest BCUT2D eigenvalue weighted by Gasteiger charge is 2.52. The van der Waals surface area contributed by atoms with E-state index < -0.39 is 5.54 Å². The first-order chi connectivity index (χ1) is 12.4. The van der Waals surface area contributed by atoms with Crippen molar-refractivity contribution in [1.82, 2.24) is 10.2 Å². The summed E-state index contributed by atoms with van der Waals surface area (Å²) in [4.78, 5) is 30.0. The van der Waals surface area contributed by atoms with Crippen molar-refractivity contribution < 1.29 is 14.3 Å². The molecule has 0 unspecified atom stereocenters. The van der Waals surface area contributed by atoms with Gasteiger partial charge in [-0.1, -0.05) is 24.4 Å². The van der Waals surface area contributed by atoms with Gasteiger partial charge in [0.2, 0.25) is 0 Å². The largest absolute Gasteiger partial charge is 0.495 e. The molecule has 26 heavy (non-hydrogen) atoms. The molecule has 1 spiro atoms. The van der Waals surface area contributed by atoms with Gasteiger partial charge in [0, 0.05) is 5.69 Å². The van der Waals surface area contributed by atoms with Crippen LogP contribution in [0.15, 0.2) is 23.2 Å². The number of ether oxygens (including phenoxy) is 1. The molecular formula is C17H22ClN5O3. The molecule has 1 aliphatic heterocycles. The molecule has 3 amide bonds. The maximum absolute atomic E-state index is 12.5. The normalized spacial score (nSPS) is 19.2. The van der Waals surface area contributed by atoms with Crippen LogP contribution >= 0.6 is 11.6 Å². The Morgan fingerprint density at radius 1 is 1.42 bits per heavy atom. The summed E-state index contributed by atoms with van der Waals surface area (Å²) in [5, 5.41) is 6.20. The zero-order valence-electron chi connectivity index (χ0n) is 14.5. The third kappa shape index (κ3) is 3.55. The lowest BCUT2D eigenvalue weighted by atomic mass is 9.98. The first kappa shape index (κ1) is 18.3. The van der Waals surface area contributed by atoms with Gasteiger partial charge < -0.3 is 21.1 Å². The quantitative estimate of drug-likeness (QED) is 0.411. The molecule has 3 rings (SSSR count). The van der Waals surface area contributed by atoms with E-state index in [1.807, 2.05) is 0 Å². The molecule has 2 aliphatic rings. The molecule has 1 aromatic rings. The second kappa shape index (κ2) is 7.41. The molecule has 0 radical (unpaired) electrons. The Morgan fingerprint density at radius 2 is 2.15 bits per heavy atom. The van der Waals surface area contributed by atoms with E-state index in [2.05, 4.69) is 15.6 Å². The molecule has 4 N–H and O–H groups in total. The smallest absolute Gasteiger partial charge is 0.325 e. The number of urea groups is 1. The highest BCUT2D eigenvalue weighted by atomic mass is 35.5. The van der Waals surface area contributed by atoms with E-state index in [1.54, 1.807) is 18.2 Å². The maximum atomic E-state index is 12.5. The minimum atomic E-state index is -0.690. The van der Waals surface area contributed by atoms with Crippen LogP contribution in [-0.2, 0) is 4.79 Å². The van der Waals surface area contributed by atoms with E-state index >= 15 is 0 Å². The average molecular weight is 380 g/mol. The van der Waals surface area contributed by atoms with E-state index in [4.69, 9.17) is 22.1 Å². The number of nitrogens with two attached hydrogens (primary N) is 1. The fourth-order valence-corrected chi connectivity index (χ4v) is 3.66. The summed E-state index contributed by atoms with van der Waals surface area (Å²) in [6.45, 7) is 0.413. The number of rotatable bonds is 5. The Bertz CT molecular complexity index is 746. The van der Waals surface area contributed by atoms with E-state index in [9.17, 15) is 9.59 Å². The van der Waals surface area contributed by atoms with Gasteiger partial charge in [-0.15, -0.1) is 0 Å². The lowest BCUT2D eigenvalue weighted by Gasteiger charge is -2.19. The van der Waals surface area contributed by atoms with Crippen molar-refractivity contribution in [3.05, 3.63) is 23.2 Å². The topological polar surface area (TPSA) is 109 Å². The highest BCUT2D eigenvalue weighted by Crippen LogP contribution is 2.34. The number of amides is 3. The number of hydrogen-bond acceptors (Lipinski definition) is 4. The highest BCUT2D eigenvalue weighted by molar-refractivity contribution is 6.32. The fraction of sp³-hybridized carbons (Fsp3) is 0.471. The number of hydrogen-bond donors (Lipinski definition) is 3. The molecule has 140 valence electrons. The number of anilines is 1. The summed E-state index contributed by atoms with van der Waals surface area (Å²) in [5.41, 5.74) is 5.83. The van der Waals surface area contributed by atoms with Crippen LogP contribution in [0.4, 0.5) is 10.5 Å². The van der Waals surface area contributed by atoms with Crippen LogP contribution in [0.5, 0.6) is 5.75 Å². The first-order valence-electron chi connectivity index (χ1n) is 8.50. The van der Waals surface area contributed by atoms with Gasteiger partial charge in [-0.25, -0.2) is 4.79 Å². The number of carbonyl (C=O) groups excluding carboxylic acids is 2. The summed E-state index contributed by atoms with van der Waals surface area (Å²) in [7, 11) is 1.54. The Hall–Kier alpha value is -2.48. The number of halogens is 1. The third-order valence-corrected chi connectivity index (χ3v) is 5.03. The number of nitrogens with zero attached hydrogens (tertiary/aromatic N) is 2. The Morgan fingerprint density at radius 3 is 2.81 bits per heavy atom. The van der Waals surface area contributed by atoms with Gasteiger partial charge in [-0.2, -0.15) is 0 Å². The standard InChI is InChI=1S/C17H22ClN5O3/c1-26-13-5-4-11(10-12(13)18)21-15(19)20-8-9-23-14(24)17(22-16(23)25)6-2-3-7-17/h4-5,10H,2-3,6-9H2,1H3,(H,22,25)(H3,19,20,21). The predicted molar refractivity (Wildman–Crippen MR) is 99.6 cm³/mol. The van der Waals surface area contributed by atoms with Gasteiger partial charge in [0.25, 0.3) is 5.91 Å². The summed E-state index contributed by atoms with van der Waals surface area (Å²) >= 11 is 6.06. The van der Waals surface area contributed by atoms with E-state index in [0.29, 0.717) is 29.3 Å². The zero-order valence-corrected chi connectivity index (χ0v) is 15.3. The minimum Gasteiger partial charge on any atom is -0.495 e. The molecular weight excluding hydrogens is 358 g/mol. The van der Waals surface area contributed by atoms with Crippen LogP contribution in [0.3, 0.4) is 0 Å². The molecule has 0 atom stereocenters. The van der Waals surface area contributed by atoms with Gasteiger partial charge in [0.05, 0.1) is 25.2 Å². The van der Waals surface area contributed by atoms with Crippen molar-refractivity contribution in [2.24, 2.45) is 10.7 Å². The Labute approximate surface area is 156 Å². The van der Waals surface area contributed by atoms with Crippen molar-refractivity contribution in [3.63, 3.8) is 0 Å². The van der Waals surface area contributed by atoms with Crippen LogP contribution in [-0.4, -0.2) is 48.5 Å². The Kier molecular flexibility index (Phi) is 5.22. The molecule has 0 aromatic heterocycles. The molecule has 9 heteroatoms. The number of guanidine groups is 1. The molecule has 0 bridgehead atoms. The summed E-state index contributed by atoms with van der Waals surface area (Å²) in [6.07, 6.45) is 3.33. The van der Waals surface area contributed by atoms with Crippen LogP contribution in [0.2, 0.25) is 5.02 Å². The maximum Gasteiger partial charge on any atom is 0.325 e. The van der Waals surface area contributed by atoms with Gasteiger partial charge in [0.15, 0.2) is 5.96 Å². The number of imide groups is 1. The first-order valence-corrected chi connectivity index (χ1v) is 8.87. The molecule has 1 aliphatic carbocycles. The van der Waals surface area contributed by atoms with Gasteiger partial charge in [0.1, 0.15) is 11.3 Å². The monoisotopic (exact) mass is 379 g/mol. The van der Waals surface area contributed by atoms with E-state index in [-0.39, 0.29) is 31.0 Å². The van der Waals surface area contributed by atoms with Gasteiger partial charge >= 0.3 is 6.03 Å². The third-order valence-electron chi connectivity index (χ3n) is 4.73. The molecule has 8 nitrogen and oxygen atoms in total. The second-order valence-electron chi connectivity index (χ2n) is 6.42. The van der Waals surface area contributed by atoms with Crippen LogP contribution < -0.4 is 21.1 Å². The molecule has 1 heterocycles. The number of aliphatic imine (C=N–C) groups is 1. The summed E-state index contributed by atoms with van der Waals surface area (Å²) < 4.78 is 5.09. The molecule has 1 saturated carbocycles. The van der Waals surface area contributed by atoms with Crippen molar-refractivity contribution in [3.8, 4) is 5.75 Å². The predicted octanol–water partition coefficient (Wildman–Crippen LogP) is 1.94. The van der Waals surface area contributed by atoms with Gasteiger partial charge in [-0.3, -0.25) is 14.7 Å². The fourth-order valence-electron chi connectivity index (χ4n) is 3.40. The van der Waals surface area contributed by atoms with Crippen LogP contribution in [0.25, 0.3) is 0 Å². The minimum absolute atomic E-state index is 0.149. The van der Waals surface area contributed by atoms with Crippen LogP contribution in [0.1, 0.15) is 25.7 Å². The molecule has 1 saturated heterocycles. The van der Waals surface area contributed by atoms with Crippen molar-refractivity contribution in [2.45, 2.75) is 31.2 Å². The van der Waals surface area contributed by atoms with Crippen LogP contribution in [0, 0.1) is 0 Å². The number of methoxy groups -OCH3 is 1. The van der Waals surface area contributed by atoms with E-state index in [1.165, 1.54) is 12.0 Å². The lowest BCUT2D eigenvalue weighted by molar-refractivity contribution is -0.131. The number of carbonyl (C=O) groups is 2. The number of benzene rings is 1.